The number of hydrazone groups is 1. The molecular weight excluding hydrogens is 336 g/mol. The lowest BCUT2D eigenvalue weighted by Crippen LogP contribution is -2.25. The Morgan fingerprint density at radius 2 is 1.88 bits per heavy atom. The topological polar surface area (TPSA) is 56.7 Å². The van der Waals surface area contributed by atoms with Crippen LogP contribution >= 0.6 is 11.6 Å². The minimum Gasteiger partial charge on any atom is -0.376 e. The molecule has 0 heterocycles. The first-order valence-corrected chi connectivity index (χ1v) is 8.66. The van der Waals surface area contributed by atoms with E-state index in [-0.39, 0.29) is 12.5 Å². The molecule has 2 rings (SSSR count). The Bertz CT molecular complexity index is 712. The van der Waals surface area contributed by atoms with Gasteiger partial charge in [-0.1, -0.05) is 29.8 Å². The first-order valence-electron chi connectivity index (χ1n) is 8.28. The van der Waals surface area contributed by atoms with Crippen LogP contribution in [0, 0.1) is 0 Å². The fraction of sp³-hybridized carbons (Fsp3) is 0.263. The molecule has 0 bridgehead atoms. The number of nitrogens with one attached hydrogen (secondary N) is 2. The predicted molar refractivity (Wildman–Crippen MR) is 106 cm³/mol. The zero-order chi connectivity index (χ0) is 18.1. The SMILES string of the molecule is CCN(CC)c1ccc(C=NNC(=O)CNc2cccc(Cl)c2)cc1. The summed E-state index contributed by atoms with van der Waals surface area (Å²) >= 11 is 5.89. The second kappa shape index (κ2) is 9.69. The van der Waals surface area contributed by atoms with E-state index in [4.69, 9.17) is 11.6 Å². The summed E-state index contributed by atoms with van der Waals surface area (Å²) in [6.07, 6.45) is 1.63. The zero-order valence-corrected chi connectivity index (χ0v) is 15.3. The van der Waals surface area contributed by atoms with Crippen LogP contribution in [0.5, 0.6) is 0 Å². The maximum absolute atomic E-state index is 11.8. The second-order valence-corrected chi connectivity index (χ2v) is 5.86. The van der Waals surface area contributed by atoms with E-state index in [9.17, 15) is 4.79 Å². The van der Waals surface area contributed by atoms with Crippen molar-refractivity contribution in [2.24, 2.45) is 5.10 Å². The zero-order valence-electron chi connectivity index (χ0n) is 14.5. The van der Waals surface area contributed by atoms with Crippen molar-refractivity contribution in [1.29, 1.82) is 0 Å². The van der Waals surface area contributed by atoms with Crippen LogP contribution in [0.15, 0.2) is 53.6 Å². The van der Waals surface area contributed by atoms with Crippen LogP contribution in [-0.2, 0) is 4.79 Å². The summed E-state index contributed by atoms with van der Waals surface area (Å²) in [5.41, 5.74) is 5.40. The quantitative estimate of drug-likeness (QED) is 0.558. The molecule has 0 radical (unpaired) electrons. The molecule has 6 heteroatoms. The van der Waals surface area contributed by atoms with Gasteiger partial charge in [-0.25, -0.2) is 5.43 Å². The highest BCUT2D eigenvalue weighted by molar-refractivity contribution is 6.30. The van der Waals surface area contributed by atoms with Gasteiger partial charge in [0.05, 0.1) is 12.8 Å². The lowest BCUT2D eigenvalue weighted by atomic mass is 10.2. The maximum atomic E-state index is 11.8. The van der Waals surface area contributed by atoms with E-state index in [1.807, 2.05) is 24.3 Å². The van der Waals surface area contributed by atoms with Crippen molar-refractivity contribution in [3.05, 3.63) is 59.1 Å². The van der Waals surface area contributed by atoms with Crippen LogP contribution in [0.25, 0.3) is 0 Å². The Labute approximate surface area is 153 Å². The molecule has 0 saturated carbocycles. The third kappa shape index (κ3) is 6.12. The van der Waals surface area contributed by atoms with E-state index in [0.29, 0.717) is 5.02 Å². The van der Waals surface area contributed by atoms with Gasteiger partial charge in [0.2, 0.25) is 0 Å². The number of benzene rings is 2. The number of rotatable bonds is 8. The summed E-state index contributed by atoms with van der Waals surface area (Å²) in [5, 5.41) is 7.59. The molecule has 0 atom stereocenters. The Balaban J connectivity index is 1.80. The van der Waals surface area contributed by atoms with Crippen molar-refractivity contribution in [2.45, 2.75) is 13.8 Å². The van der Waals surface area contributed by atoms with E-state index in [0.717, 1.165) is 24.3 Å². The van der Waals surface area contributed by atoms with E-state index >= 15 is 0 Å². The van der Waals surface area contributed by atoms with Crippen LogP contribution in [0.2, 0.25) is 5.02 Å². The highest BCUT2D eigenvalue weighted by Crippen LogP contribution is 2.15. The molecule has 2 aromatic rings. The summed E-state index contributed by atoms with van der Waals surface area (Å²) in [4.78, 5) is 14.1. The summed E-state index contributed by atoms with van der Waals surface area (Å²) in [5.74, 6) is -0.226. The molecule has 132 valence electrons. The van der Waals surface area contributed by atoms with Crippen molar-refractivity contribution in [1.82, 2.24) is 5.43 Å². The lowest BCUT2D eigenvalue weighted by molar-refractivity contribution is -0.119. The molecule has 2 N–H and O–H groups in total. The van der Waals surface area contributed by atoms with Gasteiger partial charge in [0.15, 0.2) is 0 Å². The maximum Gasteiger partial charge on any atom is 0.259 e. The average Bonchev–Trinajstić information content (AvgIpc) is 2.62. The number of anilines is 2. The highest BCUT2D eigenvalue weighted by atomic mass is 35.5. The van der Waals surface area contributed by atoms with Crippen LogP contribution in [0.1, 0.15) is 19.4 Å². The summed E-state index contributed by atoms with van der Waals surface area (Å²) in [7, 11) is 0. The Morgan fingerprint density at radius 1 is 1.16 bits per heavy atom. The minimum absolute atomic E-state index is 0.124. The largest absolute Gasteiger partial charge is 0.376 e. The summed E-state index contributed by atoms with van der Waals surface area (Å²) in [6.45, 7) is 6.33. The first kappa shape index (κ1) is 18.8. The van der Waals surface area contributed by atoms with E-state index in [1.165, 1.54) is 5.69 Å². The van der Waals surface area contributed by atoms with Gasteiger partial charge in [-0.3, -0.25) is 4.79 Å². The highest BCUT2D eigenvalue weighted by Gasteiger charge is 2.01. The van der Waals surface area contributed by atoms with Gasteiger partial charge in [0.25, 0.3) is 5.91 Å². The van der Waals surface area contributed by atoms with Gasteiger partial charge in [0.1, 0.15) is 0 Å². The van der Waals surface area contributed by atoms with E-state index < -0.39 is 0 Å². The molecule has 0 aromatic heterocycles. The Morgan fingerprint density at radius 3 is 2.52 bits per heavy atom. The third-order valence-corrected chi connectivity index (χ3v) is 3.94. The lowest BCUT2D eigenvalue weighted by Gasteiger charge is -2.20. The summed E-state index contributed by atoms with van der Waals surface area (Å²) in [6, 6.07) is 15.3. The number of halogens is 1. The average molecular weight is 359 g/mol. The minimum atomic E-state index is -0.226. The molecule has 0 aliphatic carbocycles. The van der Waals surface area contributed by atoms with E-state index in [1.54, 1.807) is 18.3 Å². The number of carbonyl (C=O) groups excluding carboxylic acids is 1. The third-order valence-electron chi connectivity index (χ3n) is 3.70. The molecule has 0 saturated heterocycles. The van der Waals surface area contributed by atoms with Gasteiger partial charge in [-0.15, -0.1) is 0 Å². The standard InChI is InChI=1S/C19H23ClN4O/c1-3-24(4-2)18-10-8-15(9-11-18)13-22-23-19(25)14-21-17-7-5-6-16(20)12-17/h5-13,21H,3-4,14H2,1-2H3,(H,23,25). The van der Waals surface area contributed by atoms with Crippen molar-refractivity contribution < 1.29 is 4.79 Å². The van der Waals surface area contributed by atoms with Crippen molar-refractivity contribution >= 4 is 35.1 Å². The van der Waals surface area contributed by atoms with Crippen LogP contribution in [-0.4, -0.2) is 31.8 Å². The van der Waals surface area contributed by atoms with Gasteiger partial charge in [-0.2, -0.15) is 5.10 Å². The van der Waals surface area contributed by atoms with Crippen LogP contribution in [0.4, 0.5) is 11.4 Å². The van der Waals surface area contributed by atoms with Gasteiger partial charge in [0, 0.05) is 29.5 Å². The Hall–Kier alpha value is -2.53. The van der Waals surface area contributed by atoms with Crippen molar-refractivity contribution in [3.63, 3.8) is 0 Å². The predicted octanol–water partition coefficient (Wildman–Crippen LogP) is 3.75. The molecule has 0 spiro atoms. The monoisotopic (exact) mass is 358 g/mol. The fourth-order valence-corrected chi connectivity index (χ4v) is 2.55. The molecule has 0 unspecified atom stereocenters. The normalized spacial score (nSPS) is 10.7. The van der Waals surface area contributed by atoms with Crippen LogP contribution < -0.4 is 15.6 Å². The van der Waals surface area contributed by atoms with Gasteiger partial charge >= 0.3 is 0 Å². The second-order valence-electron chi connectivity index (χ2n) is 5.42. The smallest absolute Gasteiger partial charge is 0.259 e. The van der Waals surface area contributed by atoms with Crippen molar-refractivity contribution in [3.8, 4) is 0 Å². The fourth-order valence-electron chi connectivity index (χ4n) is 2.36. The number of amides is 1. The molecular formula is C19H23ClN4O. The molecule has 0 aliphatic rings. The number of hydrogen-bond acceptors (Lipinski definition) is 4. The molecule has 1 amide bonds. The molecule has 0 aliphatic heterocycles. The number of carbonyl (C=O) groups is 1. The first-order chi connectivity index (χ1) is 12.1. The molecule has 5 nitrogen and oxygen atoms in total. The molecule has 25 heavy (non-hydrogen) atoms. The van der Waals surface area contributed by atoms with Crippen molar-refractivity contribution in [2.75, 3.05) is 29.9 Å². The van der Waals surface area contributed by atoms with Gasteiger partial charge in [-0.05, 0) is 49.7 Å². The Kier molecular flexibility index (Phi) is 7.29. The van der Waals surface area contributed by atoms with Gasteiger partial charge < -0.3 is 10.2 Å². The van der Waals surface area contributed by atoms with Crippen LogP contribution in [0.3, 0.4) is 0 Å². The number of hydrogen-bond donors (Lipinski definition) is 2. The molecule has 0 fully saturated rings. The van der Waals surface area contributed by atoms with E-state index in [2.05, 4.69) is 46.7 Å². The number of nitrogens with zero attached hydrogens (tertiary/aromatic N) is 2. The molecule has 2 aromatic carbocycles. The summed E-state index contributed by atoms with van der Waals surface area (Å²) < 4.78 is 0.